The first kappa shape index (κ1) is 55.3. The molecular formula is C50H107N. The normalized spacial score (nSPS) is 20.6. The zero-order chi connectivity index (χ0) is 39.8. The fourth-order valence-electron chi connectivity index (χ4n) is 9.03. The van der Waals surface area contributed by atoms with E-state index in [1.165, 1.54) is 174 Å². The molecule has 3 unspecified atom stereocenters. The first-order chi connectivity index (χ1) is 24.4. The van der Waals surface area contributed by atoms with Crippen molar-refractivity contribution >= 4 is 0 Å². The molecule has 0 radical (unpaired) electrons. The van der Waals surface area contributed by atoms with Crippen LogP contribution >= 0.6 is 0 Å². The Morgan fingerprint density at radius 2 is 0.922 bits per heavy atom. The van der Waals surface area contributed by atoms with Crippen LogP contribution in [-0.4, -0.2) is 24.5 Å². The van der Waals surface area contributed by atoms with Gasteiger partial charge in [0.15, 0.2) is 0 Å². The van der Waals surface area contributed by atoms with Crippen molar-refractivity contribution in [2.75, 3.05) is 19.6 Å². The van der Waals surface area contributed by atoms with Crippen molar-refractivity contribution in [2.24, 2.45) is 33.5 Å². The quantitative estimate of drug-likeness (QED) is 0.108. The maximum atomic E-state index is 2.84. The van der Waals surface area contributed by atoms with E-state index in [1.807, 2.05) is 27.7 Å². The second-order valence-corrected chi connectivity index (χ2v) is 17.7. The van der Waals surface area contributed by atoms with Gasteiger partial charge in [-0.15, -0.1) is 0 Å². The minimum atomic E-state index is 0.655. The summed E-state index contributed by atoms with van der Waals surface area (Å²) in [6.45, 7) is 42.5. The van der Waals surface area contributed by atoms with E-state index < -0.39 is 0 Å². The molecule has 0 aromatic rings. The van der Waals surface area contributed by atoms with Gasteiger partial charge in [-0.3, -0.25) is 0 Å². The molecule has 3 fully saturated rings. The number of hydrogen-bond donors (Lipinski definition) is 0. The second kappa shape index (κ2) is 33.3. The van der Waals surface area contributed by atoms with E-state index in [9.17, 15) is 0 Å². The molecule has 0 aromatic heterocycles. The molecule has 3 rings (SSSR count). The van der Waals surface area contributed by atoms with E-state index >= 15 is 0 Å². The van der Waals surface area contributed by atoms with Crippen LogP contribution < -0.4 is 0 Å². The topological polar surface area (TPSA) is 3.24 Å². The van der Waals surface area contributed by atoms with Gasteiger partial charge in [-0.05, 0) is 124 Å². The van der Waals surface area contributed by atoms with Crippen LogP contribution in [0.15, 0.2) is 0 Å². The minimum absolute atomic E-state index is 0.655. The lowest BCUT2D eigenvalue weighted by molar-refractivity contribution is 0.184. The van der Waals surface area contributed by atoms with Gasteiger partial charge < -0.3 is 4.90 Å². The summed E-state index contributed by atoms with van der Waals surface area (Å²) in [5.41, 5.74) is 2.92. The van der Waals surface area contributed by atoms with E-state index in [0.717, 1.165) is 22.7 Å². The SMILES string of the molecule is CC.CC.CCC1(CC)CC1.CCCC.CCCC(CCC)(CCC)CCC.CCCC1(CCC(C)CC(C)CC)CCN(CC2(CC)CC2)C1. The van der Waals surface area contributed by atoms with E-state index in [1.54, 1.807) is 0 Å². The molecule has 1 aliphatic heterocycles. The highest BCUT2D eigenvalue weighted by atomic mass is 15.2. The number of nitrogens with zero attached hydrogens (tertiary/aromatic N) is 1. The van der Waals surface area contributed by atoms with Crippen LogP contribution in [0.4, 0.5) is 0 Å². The Morgan fingerprint density at radius 3 is 1.22 bits per heavy atom. The Morgan fingerprint density at radius 1 is 0.490 bits per heavy atom. The van der Waals surface area contributed by atoms with Crippen molar-refractivity contribution < 1.29 is 0 Å². The van der Waals surface area contributed by atoms with E-state index in [2.05, 4.69) is 94.9 Å². The molecule has 0 N–H and O–H groups in total. The van der Waals surface area contributed by atoms with Crippen molar-refractivity contribution in [1.82, 2.24) is 4.90 Å². The molecule has 0 aromatic carbocycles. The van der Waals surface area contributed by atoms with Crippen LogP contribution in [0.3, 0.4) is 0 Å². The molecule has 0 amide bonds. The van der Waals surface area contributed by atoms with E-state index in [-0.39, 0.29) is 0 Å². The monoisotopic (exact) mass is 722 g/mol. The molecule has 1 heterocycles. The molecule has 0 spiro atoms. The van der Waals surface area contributed by atoms with Crippen LogP contribution in [0.5, 0.6) is 0 Å². The van der Waals surface area contributed by atoms with Crippen molar-refractivity contribution in [3.63, 3.8) is 0 Å². The summed E-state index contributed by atoms with van der Waals surface area (Å²) < 4.78 is 0. The number of unbranched alkanes of at least 4 members (excludes halogenated alkanes) is 1. The number of likely N-dealkylation sites (tertiary alicyclic amines) is 1. The van der Waals surface area contributed by atoms with Crippen molar-refractivity contribution in [2.45, 2.75) is 272 Å². The highest BCUT2D eigenvalue weighted by Crippen LogP contribution is 2.52. The number of hydrogen-bond acceptors (Lipinski definition) is 1. The van der Waals surface area contributed by atoms with Gasteiger partial charge in [0.1, 0.15) is 0 Å². The van der Waals surface area contributed by atoms with Gasteiger partial charge in [-0.2, -0.15) is 0 Å². The molecule has 3 aliphatic rings. The van der Waals surface area contributed by atoms with Crippen LogP contribution in [0, 0.1) is 33.5 Å². The average molecular weight is 722 g/mol. The van der Waals surface area contributed by atoms with Crippen LogP contribution in [0.2, 0.25) is 0 Å². The summed E-state index contributed by atoms with van der Waals surface area (Å²) in [7, 11) is 0. The highest BCUT2D eigenvalue weighted by molar-refractivity contribution is 4.98. The third-order valence-electron chi connectivity index (χ3n) is 13.3. The molecule has 1 nitrogen and oxygen atoms in total. The van der Waals surface area contributed by atoms with Gasteiger partial charge >= 0.3 is 0 Å². The molecule has 0 bridgehead atoms. The predicted molar refractivity (Wildman–Crippen MR) is 240 cm³/mol. The zero-order valence-electron chi connectivity index (χ0n) is 39.7. The molecule has 3 atom stereocenters. The zero-order valence-corrected chi connectivity index (χ0v) is 39.7. The van der Waals surface area contributed by atoms with Crippen molar-refractivity contribution in [1.29, 1.82) is 0 Å². The van der Waals surface area contributed by atoms with E-state index in [0.29, 0.717) is 10.8 Å². The van der Waals surface area contributed by atoms with E-state index in [4.69, 9.17) is 0 Å². The van der Waals surface area contributed by atoms with Gasteiger partial charge in [0.25, 0.3) is 0 Å². The van der Waals surface area contributed by atoms with Gasteiger partial charge in [-0.1, -0.05) is 188 Å². The fourth-order valence-corrected chi connectivity index (χ4v) is 9.03. The summed E-state index contributed by atoms with van der Waals surface area (Å²) >= 11 is 0. The average Bonchev–Trinajstić information content (AvgIpc) is 4.08. The number of rotatable bonds is 22. The van der Waals surface area contributed by atoms with Gasteiger partial charge in [0, 0.05) is 13.1 Å². The molecule has 2 aliphatic carbocycles. The Kier molecular flexibility index (Phi) is 36.1. The molecular weight excluding hydrogens is 615 g/mol. The maximum absolute atomic E-state index is 2.84. The lowest BCUT2D eigenvalue weighted by Crippen LogP contribution is -2.32. The van der Waals surface area contributed by atoms with Gasteiger partial charge in [0.05, 0.1) is 0 Å². The summed E-state index contributed by atoms with van der Waals surface area (Å²) in [5.74, 6) is 1.82. The highest BCUT2D eigenvalue weighted by Gasteiger charge is 2.45. The van der Waals surface area contributed by atoms with Crippen molar-refractivity contribution in [3.05, 3.63) is 0 Å². The molecule has 312 valence electrons. The first-order valence-electron chi connectivity index (χ1n) is 24.2. The third-order valence-corrected chi connectivity index (χ3v) is 13.3. The summed E-state index contributed by atoms with van der Waals surface area (Å²) in [6, 6.07) is 0. The minimum Gasteiger partial charge on any atom is -0.302 e. The lowest BCUT2D eigenvalue weighted by Gasteiger charge is -2.33. The molecule has 51 heavy (non-hydrogen) atoms. The summed E-state index contributed by atoms with van der Waals surface area (Å²) in [6.07, 6.45) is 34.1. The third kappa shape index (κ3) is 24.9. The summed E-state index contributed by atoms with van der Waals surface area (Å²) in [5, 5.41) is 0. The Hall–Kier alpha value is -0.0400. The molecule has 2 saturated carbocycles. The fraction of sp³-hybridized carbons (Fsp3) is 1.00. The maximum Gasteiger partial charge on any atom is 0.00387 e. The standard InChI is InChI=1S/C22H43N.C13H28.C7H14.C4H10.2C2H6/c1-6-10-22(11-9-20(5)16-19(4)7-2)14-15-23(18-22)17-21(8-3)12-13-21;1-5-9-13(10-6-2,11-7-3)12-8-4;1-3-7(4-2)5-6-7;1-3-4-2;2*1-2/h19-20H,6-18H2,1-5H3;5-12H2,1-4H3;3-6H2,1-2H3;3-4H2,1-2H3;2*1-2H3. The van der Waals surface area contributed by atoms with Crippen LogP contribution in [-0.2, 0) is 0 Å². The van der Waals surface area contributed by atoms with Crippen LogP contribution in [0.1, 0.15) is 272 Å². The van der Waals surface area contributed by atoms with Gasteiger partial charge in [-0.25, -0.2) is 0 Å². The predicted octanol–water partition coefficient (Wildman–Crippen LogP) is 18.1. The first-order valence-corrected chi connectivity index (χ1v) is 24.2. The molecule has 1 saturated heterocycles. The van der Waals surface area contributed by atoms with Crippen LogP contribution in [0.25, 0.3) is 0 Å². The Balaban J connectivity index is -0.000000690. The summed E-state index contributed by atoms with van der Waals surface area (Å²) in [4.78, 5) is 2.84. The lowest BCUT2D eigenvalue weighted by atomic mass is 9.72. The molecule has 1 heteroatoms. The largest absolute Gasteiger partial charge is 0.302 e. The van der Waals surface area contributed by atoms with Gasteiger partial charge in [0.2, 0.25) is 0 Å². The second-order valence-electron chi connectivity index (χ2n) is 17.7. The Bertz CT molecular complexity index is 664. The Labute approximate surface area is 328 Å². The smallest absolute Gasteiger partial charge is 0.00387 e. The van der Waals surface area contributed by atoms with Crippen molar-refractivity contribution in [3.8, 4) is 0 Å².